The fraction of sp³-hybridized carbons (Fsp3) is 0.571. The molecule has 2 atom stereocenters. The smallest absolute Gasteiger partial charge is 0.244 e. The number of aryl methyl sites for hydroxylation is 1. The molecule has 1 aromatic carbocycles. The van der Waals surface area contributed by atoms with Gasteiger partial charge in [0.1, 0.15) is 10.7 Å². The number of hydrogen-bond donors (Lipinski definition) is 1. The molecular formula is C14H19ClFNO3S. The van der Waals surface area contributed by atoms with Gasteiger partial charge in [-0.15, -0.1) is 0 Å². The van der Waals surface area contributed by atoms with Gasteiger partial charge >= 0.3 is 0 Å². The van der Waals surface area contributed by atoms with Gasteiger partial charge in [0.25, 0.3) is 0 Å². The van der Waals surface area contributed by atoms with Crippen LogP contribution in [0.5, 0.6) is 0 Å². The fourth-order valence-corrected chi connectivity index (χ4v) is 4.66. The zero-order chi connectivity index (χ0) is 15.8. The predicted molar refractivity (Wildman–Crippen MR) is 79.3 cm³/mol. The molecule has 7 heteroatoms. The van der Waals surface area contributed by atoms with E-state index in [0.29, 0.717) is 13.0 Å². The van der Waals surface area contributed by atoms with Crippen LogP contribution < -0.4 is 0 Å². The monoisotopic (exact) mass is 335 g/mol. The molecule has 0 saturated carbocycles. The van der Waals surface area contributed by atoms with Crippen molar-refractivity contribution in [1.29, 1.82) is 0 Å². The van der Waals surface area contributed by atoms with Gasteiger partial charge in [0.15, 0.2) is 0 Å². The summed E-state index contributed by atoms with van der Waals surface area (Å²) in [5.74, 6) is -0.617. The Bertz CT molecular complexity index is 633. The largest absolute Gasteiger partial charge is 0.393 e. The highest BCUT2D eigenvalue weighted by molar-refractivity contribution is 7.89. The lowest BCUT2D eigenvalue weighted by Gasteiger charge is -2.33. The number of piperidine rings is 1. The molecule has 1 aliphatic heterocycles. The van der Waals surface area contributed by atoms with Gasteiger partial charge in [0.05, 0.1) is 11.1 Å². The van der Waals surface area contributed by atoms with Gasteiger partial charge in [-0.1, -0.05) is 11.6 Å². The molecule has 0 aromatic heterocycles. The van der Waals surface area contributed by atoms with E-state index in [2.05, 4.69) is 0 Å². The second kappa shape index (κ2) is 6.20. The van der Waals surface area contributed by atoms with Crippen molar-refractivity contribution < 1.29 is 17.9 Å². The average molecular weight is 336 g/mol. The van der Waals surface area contributed by atoms with Crippen LogP contribution in [-0.2, 0) is 10.0 Å². The van der Waals surface area contributed by atoms with Crippen LogP contribution in [-0.4, -0.2) is 37.0 Å². The molecule has 0 spiro atoms. The van der Waals surface area contributed by atoms with E-state index in [1.165, 1.54) is 17.3 Å². The molecule has 21 heavy (non-hydrogen) atoms. The van der Waals surface area contributed by atoms with E-state index in [1.54, 1.807) is 6.92 Å². The van der Waals surface area contributed by atoms with Crippen molar-refractivity contribution in [3.8, 4) is 0 Å². The number of hydrogen-bond acceptors (Lipinski definition) is 3. The number of nitrogens with zero attached hydrogens (tertiary/aromatic N) is 1. The highest BCUT2D eigenvalue weighted by atomic mass is 35.5. The summed E-state index contributed by atoms with van der Waals surface area (Å²) < 4.78 is 40.1. The molecule has 4 nitrogen and oxygen atoms in total. The lowest BCUT2D eigenvalue weighted by atomic mass is 9.95. The van der Waals surface area contributed by atoms with Crippen molar-refractivity contribution >= 4 is 21.6 Å². The minimum atomic E-state index is -3.77. The summed E-state index contributed by atoms with van der Waals surface area (Å²) in [6.07, 6.45) is 0.917. The van der Waals surface area contributed by atoms with Gasteiger partial charge in [-0.25, -0.2) is 12.8 Å². The van der Waals surface area contributed by atoms with E-state index in [4.69, 9.17) is 11.6 Å². The van der Waals surface area contributed by atoms with Gasteiger partial charge in [0, 0.05) is 13.1 Å². The third-order valence-corrected chi connectivity index (χ3v) is 6.26. The summed E-state index contributed by atoms with van der Waals surface area (Å²) in [6.45, 7) is 3.81. The molecule has 1 saturated heterocycles. The molecule has 1 N–H and O–H groups in total. The Morgan fingerprint density at radius 3 is 2.76 bits per heavy atom. The van der Waals surface area contributed by atoms with E-state index in [1.807, 2.05) is 0 Å². The van der Waals surface area contributed by atoms with Gasteiger partial charge in [-0.3, -0.25) is 0 Å². The Morgan fingerprint density at radius 2 is 2.14 bits per heavy atom. The summed E-state index contributed by atoms with van der Waals surface area (Å²) >= 11 is 5.91. The molecule has 0 aliphatic carbocycles. The number of benzene rings is 1. The maximum atomic E-state index is 13.4. The number of sulfonamides is 1. The maximum Gasteiger partial charge on any atom is 0.244 e. The van der Waals surface area contributed by atoms with Gasteiger partial charge in [-0.2, -0.15) is 4.31 Å². The van der Waals surface area contributed by atoms with Crippen LogP contribution in [0.15, 0.2) is 17.0 Å². The summed E-state index contributed by atoms with van der Waals surface area (Å²) in [4.78, 5) is -0.0747. The molecule has 2 rings (SSSR count). The Balaban J connectivity index is 2.36. The normalized spacial score (nSPS) is 22.2. The zero-order valence-corrected chi connectivity index (χ0v) is 13.6. The minimum absolute atomic E-state index is 0.0747. The van der Waals surface area contributed by atoms with Crippen molar-refractivity contribution in [2.75, 3.05) is 13.1 Å². The third-order valence-electron chi connectivity index (χ3n) is 3.93. The highest BCUT2D eigenvalue weighted by Crippen LogP contribution is 2.30. The lowest BCUT2D eigenvalue weighted by molar-refractivity contribution is 0.0885. The summed E-state index contributed by atoms with van der Waals surface area (Å²) in [5, 5.41) is 9.56. The summed E-state index contributed by atoms with van der Waals surface area (Å²) in [7, 11) is -3.77. The third kappa shape index (κ3) is 3.39. The van der Waals surface area contributed by atoms with E-state index < -0.39 is 21.9 Å². The zero-order valence-electron chi connectivity index (χ0n) is 12.0. The Kier molecular flexibility index (Phi) is 4.92. The molecule has 1 heterocycles. The number of halogens is 2. The Morgan fingerprint density at radius 1 is 1.48 bits per heavy atom. The first-order valence-corrected chi connectivity index (χ1v) is 8.69. The van der Waals surface area contributed by atoms with Crippen LogP contribution in [0.3, 0.4) is 0 Å². The van der Waals surface area contributed by atoms with Crippen molar-refractivity contribution in [3.63, 3.8) is 0 Å². The fourth-order valence-electron chi connectivity index (χ4n) is 2.55. The molecule has 0 bridgehead atoms. The van der Waals surface area contributed by atoms with E-state index in [0.717, 1.165) is 12.5 Å². The Labute approximate surface area is 129 Å². The van der Waals surface area contributed by atoms with Crippen LogP contribution in [0.4, 0.5) is 4.39 Å². The van der Waals surface area contributed by atoms with Crippen LogP contribution >= 0.6 is 11.6 Å². The predicted octanol–water partition coefficient (Wildman–Crippen LogP) is 2.57. The van der Waals surface area contributed by atoms with Crippen LogP contribution in [0, 0.1) is 18.7 Å². The molecule has 0 radical (unpaired) electrons. The average Bonchev–Trinajstić information content (AvgIpc) is 2.42. The highest BCUT2D eigenvalue weighted by Gasteiger charge is 2.33. The molecule has 1 aromatic rings. The van der Waals surface area contributed by atoms with Crippen molar-refractivity contribution in [3.05, 3.63) is 28.5 Å². The molecule has 118 valence electrons. The van der Waals surface area contributed by atoms with E-state index in [9.17, 15) is 17.9 Å². The Hall–Kier alpha value is -0.690. The van der Waals surface area contributed by atoms with Crippen LogP contribution in [0.2, 0.25) is 5.02 Å². The number of rotatable bonds is 3. The van der Waals surface area contributed by atoms with Crippen molar-refractivity contribution in [2.45, 2.75) is 37.7 Å². The van der Waals surface area contributed by atoms with Crippen LogP contribution in [0.1, 0.15) is 25.3 Å². The summed E-state index contributed by atoms with van der Waals surface area (Å²) in [6, 6.07) is 2.29. The minimum Gasteiger partial charge on any atom is -0.393 e. The molecule has 1 fully saturated rings. The number of aliphatic hydroxyl groups excluding tert-OH is 1. The first kappa shape index (κ1) is 16.7. The molecule has 1 aliphatic rings. The second-order valence-corrected chi connectivity index (χ2v) is 7.85. The second-order valence-electron chi connectivity index (χ2n) is 5.54. The molecular weight excluding hydrogens is 317 g/mol. The van der Waals surface area contributed by atoms with Gasteiger partial charge < -0.3 is 5.11 Å². The van der Waals surface area contributed by atoms with Crippen molar-refractivity contribution in [1.82, 2.24) is 4.31 Å². The van der Waals surface area contributed by atoms with Crippen LogP contribution in [0.25, 0.3) is 0 Å². The molecule has 2 unspecified atom stereocenters. The van der Waals surface area contributed by atoms with Crippen molar-refractivity contribution in [2.24, 2.45) is 5.92 Å². The first-order valence-electron chi connectivity index (χ1n) is 6.87. The topological polar surface area (TPSA) is 57.6 Å². The molecule has 0 amide bonds. The lowest BCUT2D eigenvalue weighted by Crippen LogP contribution is -2.42. The van der Waals surface area contributed by atoms with E-state index >= 15 is 0 Å². The first-order chi connectivity index (χ1) is 9.73. The van der Waals surface area contributed by atoms with Gasteiger partial charge in [0.2, 0.25) is 10.0 Å². The quantitative estimate of drug-likeness (QED) is 0.923. The van der Waals surface area contributed by atoms with Gasteiger partial charge in [-0.05, 0) is 50.3 Å². The number of aliphatic hydroxyl groups is 1. The summed E-state index contributed by atoms with van der Waals surface area (Å²) in [5.41, 5.74) is 0.238. The standard InChI is InChI=1S/C14H19ClFNO3S/c1-9-6-14(12(15)7-13(9)16)21(19,20)17-5-3-4-11(8-17)10(2)18/h6-7,10-11,18H,3-5,8H2,1-2H3. The maximum absolute atomic E-state index is 13.4. The SMILES string of the molecule is Cc1cc(S(=O)(=O)N2CCCC(C(C)O)C2)c(Cl)cc1F. The van der Waals surface area contributed by atoms with E-state index in [-0.39, 0.29) is 27.9 Å².